The summed E-state index contributed by atoms with van der Waals surface area (Å²) < 4.78 is 11.3. The summed E-state index contributed by atoms with van der Waals surface area (Å²) in [6.45, 7) is 4.70. The van der Waals surface area contributed by atoms with Crippen LogP contribution in [0.5, 0.6) is 0 Å². The molecule has 27 heavy (non-hydrogen) atoms. The minimum Gasteiger partial charge on any atom is -0.467 e. The van der Waals surface area contributed by atoms with Gasteiger partial charge in [0.05, 0.1) is 17.7 Å². The van der Waals surface area contributed by atoms with E-state index in [-0.39, 0.29) is 23.3 Å². The minimum atomic E-state index is -0.186. The summed E-state index contributed by atoms with van der Waals surface area (Å²) in [5, 5.41) is 4.29. The molecule has 1 saturated carbocycles. The molecule has 7 nitrogen and oxygen atoms in total. The third-order valence-electron chi connectivity index (χ3n) is 5.51. The summed E-state index contributed by atoms with van der Waals surface area (Å²) >= 11 is 0. The smallest absolute Gasteiger partial charge is 0.292 e. The van der Waals surface area contributed by atoms with E-state index >= 15 is 0 Å². The molecule has 3 aromatic heterocycles. The third-order valence-corrected chi connectivity index (χ3v) is 5.51. The van der Waals surface area contributed by atoms with Gasteiger partial charge in [-0.1, -0.05) is 0 Å². The maximum absolute atomic E-state index is 13.2. The summed E-state index contributed by atoms with van der Waals surface area (Å²) in [5.74, 6) is 2.21. The Morgan fingerprint density at radius 2 is 2.22 bits per heavy atom. The van der Waals surface area contributed by atoms with Crippen molar-refractivity contribution in [2.24, 2.45) is 0 Å². The highest BCUT2D eigenvalue weighted by Gasteiger charge is 2.39. The second kappa shape index (κ2) is 5.84. The summed E-state index contributed by atoms with van der Waals surface area (Å²) in [5.41, 5.74) is 0.489. The van der Waals surface area contributed by atoms with Crippen molar-refractivity contribution in [2.75, 3.05) is 11.9 Å². The van der Waals surface area contributed by atoms with Crippen LogP contribution in [0.2, 0.25) is 0 Å². The Balaban J connectivity index is 1.53. The van der Waals surface area contributed by atoms with E-state index in [4.69, 9.17) is 8.83 Å². The van der Waals surface area contributed by atoms with Gasteiger partial charge in [0.25, 0.3) is 5.91 Å². The Hall–Kier alpha value is -2.83. The Morgan fingerprint density at radius 3 is 2.96 bits per heavy atom. The summed E-state index contributed by atoms with van der Waals surface area (Å²) in [6, 6.07) is 5.61. The number of hydrogen-bond donors (Lipinski definition) is 1. The van der Waals surface area contributed by atoms with Gasteiger partial charge in [-0.25, -0.2) is 4.98 Å². The van der Waals surface area contributed by atoms with Gasteiger partial charge in [-0.2, -0.15) is 4.98 Å². The lowest BCUT2D eigenvalue weighted by molar-refractivity contribution is 0.0707. The molecule has 2 fully saturated rings. The topological polar surface area (TPSA) is 84.4 Å². The number of rotatable bonds is 4. The number of carbonyl (C=O) groups excluding carboxylic acids is 1. The zero-order valence-electron chi connectivity index (χ0n) is 15.5. The van der Waals surface area contributed by atoms with Crippen LogP contribution in [0.25, 0.3) is 11.1 Å². The fourth-order valence-electron chi connectivity index (χ4n) is 3.75. The Kier molecular flexibility index (Phi) is 3.54. The number of anilines is 1. The lowest BCUT2D eigenvalue weighted by Crippen LogP contribution is -2.32. The minimum absolute atomic E-state index is 0.0388. The lowest BCUT2D eigenvalue weighted by atomic mass is 10.1. The van der Waals surface area contributed by atoms with Gasteiger partial charge in [0.15, 0.2) is 0 Å². The number of aryl methyl sites for hydroxylation is 1. The number of amides is 1. The molecule has 1 saturated heterocycles. The van der Waals surface area contributed by atoms with Crippen molar-refractivity contribution >= 4 is 22.8 Å². The highest BCUT2D eigenvalue weighted by atomic mass is 16.3. The molecule has 4 heterocycles. The normalized spacial score (nSPS) is 21.0. The predicted octanol–water partition coefficient (Wildman–Crippen LogP) is 4.07. The van der Waals surface area contributed by atoms with Gasteiger partial charge in [-0.3, -0.25) is 4.79 Å². The van der Waals surface area contributed by atoms with Gasteiger partial charge in [0, 0.05) is 12.1 Å². The number of nitrogens with zero attached hydrogens (tertiary/aromatic N) is 3. The predicted molar refractivity (Wildman–Crippen MR) is 99.5 cm³/mol. The van der Waals surface area contributed by atoms with Crippen LogP contribution in [0.3, 0.4) is 0 Å². The van der Waals surface area contributed by atoms with Crippen LogP contribution >= 0.6 is 0 Å². The largest absolute Gasteiger partial charge is 0.467 e. The van der Waals surface area contributed by atoms with Gasteiger partial charge >= 0.3 is 0 Å². The zero-order chi connectivity index (χ0) is 18.6. The van der Waals surface area contributed by atoms with Crippen molar-refractivity contribution < 1.29 is 13.6 Å². The van der Waals surface area contributed by atoms with Gasteiger partial charge in [0.2, 0.25) is 11.5 Å². The summed E-state index contributed by atoms with van der Waals surface area (Å²) in [6.07, 6.45) is 5.63. The van der Waals surface area contributed by atoms with Crippen molar-refractivity contribution in [3.8, 4) is 0 Å². The van der Waals surface area contributed by atoms with Crippen molar-refractivity contribution in [3.63, 3.8) is 0 Å². The Bertz CT molecular complexity index is 1000. The maximum atomic E-state index is 13.2. The van der Waals surface area contributed by atoms with Gasteiger partial charge < -0.3 is 19.1 Å². The molecule has 0 radical (unpaired) electrons. The van der Waals surface area contributed by atoms with E-state index in [1.807, 2.05) is 25.1 Å². The number of furan rings is 2. The standard InChI is InChI=1S/C20H22N4O3/c1-12-11-13-16(23-20(2)7-8-20)21-17(22-18(13)27-12)19(25)24-9-3-5-14(24)15-6-4-10-26-15/h4,6,10-11,14H,3,5,7-9H2,1-2H3,(H,21,22,23). The van der Waals surface area contributed by atoms with E-state index in [0.717, 1.165) is 42.6 Å². The van der Waals surface area contributed by atoms with Gasteiger partial charge in [-0.05, 0) is 57.7 Å². The molecule has 3 aromatic rings. The van der Waals surface area contributed by atoms with Crippen LogP contribution in [-0.4, -0.2) is 32.9 Å². The number of nitrogens with one attached hydrogen (secondary N) is 1. The molecule has 7 heteroatoms. The Labute approximate surface area is 156 Å². The quantitative estimate of drug-likeness (QED) is 0.749. The van der Waals surface area contributed by atoms with E-state index < -0.39 is 0 Å². The number of hydrogen-bond acceptors (Lipinski definition) is 6. The third kappa shape index (κ3) is 2.87. The van der Waals surface area contributed by atoms with E-state index in [1.165, 1.54) is 0 Å². The summed E-state index contributed by atoms with van der Waals surface area (Å²) in [7, 11) is 0. The monoisotopic (exact) mass is 366 g/mol. The maximum Gasteiger partial charge on any atom is 0.292 e. The molecule has 1 unspecified atom stereocenters. The first kappa shape index (κ1) is 16.4. The van der Waals surface area contributed by atoms with Crippen LogP contribution in [0.4, 0.5) is 5.82 Å². The zero-order valence-corrected chi connectivity index (χ0v) is 15.5. The van der Waals surface area contributed by atoms with Crippen molar-refractivity contribution in [1.82, 2.24) is 14.9 Å². The SMILES string of the molecule is Cc1cc2c(NC3(C)CC3)nc(C(=O)N3CCCC3c3ccco3)nc2o1. The van der Waals surface area contributed by atoms with E-state index in [0.29, 0.717) is 18.1 Å². The molecule has 0 spiro atoms. The molecular formula is C20H22N4O3. The van der Waals surface area contributed by atoms with Crippen LogP contribution in [0.1, 0.15) is 60.8 Å². The number of likely N-dealkylation sites (tertiary alicyclic amines) is 1. The molecule has 1 N–H and O–H groups in total. The first-order valence-electron chi connectivity index (χ1n) is 9.43. The number of fused-ring (bicyclic) bond motifs is 1. The van der Waals surface area contributed by atoms with Crippen LogP contribution in [0, 0.1) is 6.92 Å². The van der Waals surface area contributed by atoms with Gasteiger partial charge in [-0.15, -0.1) is 0 Å². The summed E-state index contributed by atoms with van der Waals surface area (Å²) in [4.78, 5) is 24.1. The second-order valence-electron chi connectivity index (χ2n) is 7.83. The molecule has 0 aromatic carbocycles. The fourth-order valence-corrected chi connectivity index (χ4v) is 3.75. The van der Waals surface area contributed by atoms with E-state index in [2.05, 4.69) is 22.2 Å². The van der Waals surface area contributed by atoms with Crippen LogP contribution in [-0.2, 0) is 0 Å². The molecule has 1 aliphatic heterocycles. The van der Waals surface area contributed by atoms with Crippen LogP contribution < -0.4 is 5.32 Å². The van der Waals surface area contributed by atoms with Crippen molar-refractivity contribution in [2.45, 2.75) is 51.1 Å². The molecule has 0 bridgehead atoms. The Morgan fingerprint density at radius 1 is 1.37 bits per heavy atom. The second-order valence-corrected chi connectivity index (χ2v) is 7.83. The molecule has 1 aliphatic carbocycles. The first-order chi connectivity index (χ1) is 13.0. The molecule has 1 amide bonds. The van der Waals surface area contributed by atoms with Crippen molar-refractivity contribution in [1.29, 1.82) is 0 Å². The highest BCUT2D eigenvalue weighted by Crippen LogP contribution is 2.40. The first-order valence-corrected chi connectivity index (χ1v) is 9.43. The lowest BCUT2D eigenvalue weighted by Gasteiger charge is -2.22. The van der Waals surface area contributed by atoms with Crippen molar-refractivity contribution in [3.05, 3.63) is 41.8 Å². The molecular weight excluding hydrogens is 344 g/mol. The number of aromatic nitrogens is 2. The van der Waals surface area contributed by atoms with Gasteiger partial charge in [0.1, 0.15) is 17.3 Å². The average molecular weight is 366 g/mol. The molecule has 5 rings (SSSR count). The van der Waals surface area contributed by atoms with E-state index in [1.54, 1.807) is 11.2 Å². The number of carbonyl (C=O) groups is 1. The fraction of sp³-hybridized carbons (Fsp3) is 0.450. The van der Waals surface area contributed by atoms with E-state index in [9.17, 15) is 4.79 Å². The highest BCUT2D eigenvalue weighted by molar-refractivity contribution is 5.95. The molecule has 1 atom stereocenters. The molecule has 2 aliphatic rings. The average Bonchev–Trinajstić information content (AvgIpc) is 3.13. The molecule has 140 valence electrons. The van der Waals surface area contributed by atoms with Crippen LogP contribution in [0.15, 0.2) is 33.3 Å².